The molecule has 9 heteroatoms. The number of carbonyl (C=O) groups excluding carboxylic acids is 2. The van der Waals surface area contributed by atoms with Gasteiger partial charge in [-0.3, -0.25) is 9.59 Å². The number of likely N-dealkylation sites (N-methyl/N-ethyl adjacent to an activating group) is 1. The number of H-pyrrole nitrogens is 1. The minimum atomic E-state index is -0.430. The van der Waals surface area contributed by atoms with E-state index in [4.69, 9.17) is 14.2 Å². The molecular formula is C28H32N4O5. The molecule has 0 saturated carbocycles. The summed E-state index contributed by atoms with van der Waals surface area (Å²) in [5.74, 6) is -0.0252. The molecule has 0 saturated heterocycles. The molecule has 0 bridgehead atoms. The number of hydrogen-bond acceptors (Lipinski definition) is 6. The number of rotatable bonds is 12. The van der Waals surface area contributed by atoms with E-state index < -0.39 is 5.91 Å². The maximum Gasteiger partial charge on any atom is 0.255 e. The standard InChI is InChI=1S/C28H32N4O5/c1-18(13-22(28(34)32(3)4)19(2)31-26(33)17-37-12-11-35-5)20-14-23-24(16-30-27(23)29-15-20)21-9-7-8-10-25(21)36-6/h7-10,13-16H,1-2,11-12,17H2,3-6H3,(H,29,30)(H,31,33)/b22-13+. The zero-order valence-corrected chi connectivity index (χ0v) is 21.6. The second-order valence-corrected chi connectivity index (χ2v) is 8.38. The molecule has 2 amide bonds. The maximum absolute atomic E-state index is 12.9. The zero-order valence-electron chi connectivity index (χ0n) is 21.6. The second-order valence-electron chi connectivity index (χ2n) is 8.38. The number of para-hydroxylation sites is 1. The topological polar surface area (TPSA) is 106 Å². The van der Waals surface area contributed by atoms with Crippen LogP contribution in [0.1, 0.15) is 5.56 Å². The van der Waals surface area contributed by atoms with Crippen LogP contribution >= 0.6 is 0 Å². The summed E-state index contributed by atoms with van der Waals surface area (Å²) < 4.78 is 15.7. The fourth-order valence-electron chi connectivity index (χ4n) is 3.62. The number of amides is 2. The first-order chi connectivity index (χ1) is 17.8. The van der Waals surface area contributed by atoms with Gasteiger partial charge in [0.1, 0.15) is 18.0 Å². The first kappa shape index (κ1) is 27.4. The van der Waals surface area contributed by atoms with Crippen LogP contribution in [0, 0.1) is 0 Å². The Hall–Kier alpha value is -4.21. The van der Waals surface area contributed by atoms with Crippen LogP contribution in [0.2, 0.25) is 0 Å². The first-order valence-corrected chi connectivity index (χ1v) is 11.6. The predicted octanol–water partition coefficient (Wildman–Crippen LogP) is 3.56. The van der Waals surface area contributed by atoms with Gasteiger partial charge in [-0.15, -0.1) is 0 Å². The molecule has 0 aliphatic carbocycles. The third-order valence-corrected chi connectivity index (χ3v) is 5.53. The molecule has 1 aromatic carbocycles. The van der Waals surface area contributed by atoms with Gasteiger partial charge in [0.2, 0.25) is 5.91 Å². The fraction of sp³-hybridized carbons (Fsp3) is 0.250. The van der Waals surface area contributed by atoms with Crippen LogP contribution in [0.3, 0.4) is 0 Å². The van der Waals surface area contributed by atoms with Crippen molar-refractivity contribution < 1.29 is 23.8 Å². The Kier molecular flexibility index (Phi) is 9.37. The molecule has 194 valence electrons. The van der Waals surface area contributed by atoms with Crippen molar-refractivity contribution in [1.29, 1.82) is 0 Å². The summed E-state index contributed by atoms with van der Waals surface area (Å²) in [7, 11) is 6.42. The monoisotopic (exact) mass is 504 g/mol. The Morgan fingerprint density at radius 2 is 1.89 bits per heavy atom. The van der Waals surface area contributed by atoms with E-state index in [9.17, 15) is 9.59 Å². The fourth-order valence-corrected chi connectivity index (χ4v) is 3.62. The summed E-state index contributed by atoms with van der Waals surface area (Å²) in [4.78, 5) is 34.3. The van der Waals surface area contributed by atoms with Gasteiger partial charge in [-0.25, -0.2) is 4.98 Å². The third-order valence-electron chi connectivity index (χ3n) is 5.53. The van der Waals surface area contributed by atoms with E-state index in [1.165, 1.54) is 4.90 Å². The van der Waals surface area contributed by atoms with Crippen LogP contribution in [0.4, 0.5) is 0 Å². The lowest BCUT2D eigenvalue weighted by atomic mass is 10.0. The highest BCUT2D eigenvalue weighted by molar-refractivity contribution is 6.02. The highest BCUT2D eigenvalue weighted by Gasteiger charge is 2.19. The van der Waals surface area contributed by atoms with Gasteiger partial charge < -0.3 is 29.4 Å². The van der Waals surface area contributed by atoms with Crippen molar-refractivity contribution in [3.8, 4) is 16.9 Å². The van der Waals surface area contributed by atoms with E-state index >= 15 is 0 Å². The van der Waals surface area contributed by atoms with E-state index in [0.29, 0.717) is 23.4 Å². The second kappa shape index (κ2) is 12.7. The maximum atomic E-state index is 12.9. The van der Waals surface area contributed by atoms with Gasteiger partial charge in [0, 0.05) is 61.4 Å². The highest BCUT2D eigenvalue weighted by atomic mass is 16.5. The van der Waals surface area contributed by atoms with E-state index in [-0.39, 0.29) is 30.4 Å². The molecular weight excluding hydrogens is 472 g/mol. The first-order valence-electron chi connectivity index (χ1n) is 11.6. The lowest BCUT2D eigenvalue weighted by Gasteiger charge is -2.17. The van der Waals surface area contributed by atoms with Gasteiger partial charge in [0.05, 0.1) is 25.9 Å². The average molecular weight is 505 g/mol. The predicted molar refractivity (Wildman–Crippen MR) is 144 cm³/mol. The molecule has 0 atom stereocenters. The van der Waals surface area contributed by atoms with Crippen molar-refractivity contribution in [2.24, 2.45) is 0 Å². The zero-order chi connectivity index (χ0) is 26.9. The number of allylic oxidation sites excluding steroid dienone is 2. The highest BCUT2D eigenvalue weighted by Crippen LogP contribution is 2.35. The number of aromatic nitrogens is 2. The van der Waals surface area contributed by atoms with Gasteiger partial charge in [0.25, 0.3) is 5.91 Å². The summed E-state index contributed by atoms with van der Waals surface area (Å²) >= 11 is 0. The smallest absolute Gasteiger partial charge is 0.255 e. The molecule has 9 nitrogen and oxygen atoms in total. The van der Waals surface area contributed by atoms with E-state index in [1.54, 1.807) is 40.6 Å². The number of benzene rings is 1. The average Bonchev–Trinajstić information content (AvgIpc) is 3.32. The van der Waals surface area contributed by atoms with Crippen LogP contribution in [0.5, 0.6) is 5.75 Å². The number of ether oxygens (including phenoxy) is 3. The van der Waals surface area contributed by atoms with Crippen molar-refractivity contribution in [3.63, 3.8) is 0 Å². The minimum absolute atomic E-state index is 0.144. The minimum Gasteiger partial charge on any atom is -0.496 e. The SMILES string of the molecule is C=C(NC(=O)COCCOC)/C(=C\C(=C)c1cnc2[nH]cc(-c3ccccc3OC)c2c1)C(=O)N(C)C. The number of nitrogens with zero attached hydrogens (tertiary/aromatic N) is 2. The van der Waals surface area contributed by atoms with Crippen molar-refractivity contribution in [2.45, 2.75) is 0 Å². The molecule has 0 aliphatic rings. The summed E-state index contributed by atoms with van der Waals surface area (Å²) in [6.45, 7) is 8.51. The Morgan fingerprint density at radius 3 is 2.59 bits per heavy atom. The molecule has 2 N–H and O–H groups in total. The quantitative estimate of drug-likeness (QED) is 0.222. The molecule has 0 spiro atoms. The molecule has 0 fully saturated rings. The van der Waals surface area contributed by atoms with Crippen LogP contribution in [0.15, 0.2) is 73.2 Å². The Bertz CT molecular complexity index is 1340. The Labute approximate surface area is 216 Å². The third kappa shape index (κ3) is 6.72. The van der Waals surface area contributed by atoms with Crippen LogP contribution < -0.4 is 10.1 Å². The molecule has 3 aromatic rings. The molecule has 0 radical (unpaired) electrons. The van der Waals surface area contributed by atoms with Crippen LogP contribution in [0.25, 0.3) is 27.7 Å². The Morgan fingerprint density at radius 1 is 1.14 bits per heavy atom. The molecule has 3 rings (SSSR count). The van der Waals surface area contributed by atoms with E-state index in [1.807, 2.05) is 36.5 Å². The molecule has 0 aliphatic heterocycles. The number of nitrogens with one attached hydrogen (secondary N) is 2. The largest absolute Gasteiger partial charge is 0.496 e. The lowest BCUT2D eigenvalue weighted by molar-refractivity contribution is -0.125. The molecule has 37 heavy (non-hydrogen) atoms. The van der Waals surface area contributed by atoms with Crippen LogP contribution in [-0.4, -0.2) is 74.8 Å². The van der Waals surface area contributed by atoms with Crippen molar-refractivity contribution in [3.05, 3.63) is 78.8 Å². The number of aromatic amines is 1. The van der Waals surface area contributed by atoms with Gasteiger partial charge in [-0.05, 0) is 23.8 Å². The Balaban J connectivity index is 1.90. The van der Waals surface area contributed by atoms with E-state index in [0.717, 1.165) is 22.3 Å². The molecule has 0 unspecified atom stereocenters. The van der Waals surface area contributed by atoms with Crippen molar-refractivity contribution >= 4 is 28.4 Å². The number of pyridine rings is 1. The summed E-state index contributed by atoms with van der Waals surface area (Å²) in [6.07, 6.45) is 5.15. The number of carbonyl (C=O) groups is 2. The molecule has 2 aromatic heterocycles. The van der Waals surface area contributed by atoms with E-state index in [2.05, 4.69) is 28.4 Å². The summed E-state index contributed by atoms with van der Waals surface area (Å²) in [5, 5.41) is 3.50. The number of hydrogen-bond donors (Lipinski definition) is 2. The number of methoxy groups -OCH3 is 2. The summed E-state index contributed by atoms with van der Waals surface area (Å²) in [6, 6.07) is 9.67. The van der Waals surface area contributed by atoms with Crippen LogP contribution in [-0.2, 0) is 19.1 Å². The lowest BCUT2D eigenvalue weighted by Crippen LogP contribution is -2.32. The number of fused-ring (bicyclic) bond motifs is 1. The van der Waals surface area contributed by atoms with Crippen molar-refractivity contribution in [1.82, 2.24) is 20.2 Å². The normalized spacial score (nSPS) is 11.3. The molecule has 2 heterocycles. The van der Waals surface area contributed by atoms with Crippen molar-refractivity contribution in [2.75, 3.05) is 48.1 Å². The van der Waals surface area contributed by atoms with Gasteiger partial charge in [-0.2, -0.15) is 0 Å². The van der Waals surface area contributed by atoms with Gasteiger partial charge in [-0.1, -0.05) is 31.4 Å². The summed E-state index contributed by atoms with van der Waals surface area (Å²) in [5.41, 5.74) is 4.12. The van der Waals surface area contributed by atoms with Gasteiger partial charge in [0.15, 0.2) is 0 Å². The van der Waals surface area contributed by atoms with Gasteiger partial charge >= 0.3 is 0 Å².